The molecule has 2 rings (SSSR count). The first-order valence-corrected chi connectivity index (χ1v) is 8.63. The molecule has 0 bridgehead atoms. The topological polar surface area (TPSA) is 27.7 Å². The van der Waals surface area contributed by atoms with Crippen LogP contribution in [0.1, 0.15) is 33.1 Å². The maximum Gasteiger partial charge on any atom is 0.0594 e. The summed E-state index contributed by atoms with van der Waals surface area (Å²) in [5, 5.41) is 3.75. The van der Waals surface area contributed by atoms with Crippen LogP contribution in [-0.2, 0) is 4.74 Å². The minimum absolute atomic E-state index is 0.734. The van der Waals surface area contributed by atoms with Gasteiger partial charge >= 0.3 is 0 Å². The van der Waals surface area contributed by atoms with E-state index in [2.05, 4.69) is 35.0 Å². The standard InChI is InChI=1S/C17H33N3O/c1-16(2)4-9-20-10-5-17(6-11-20)18-7-3-8-19-12-14-21-15-13-19/h4,17-18H,3,5-15H2,1-2H3. The third-order valence-corrected chi connectivity index (χ3v) is 4.53. The number of morpholine rings is 1. The fraction of sp³-hybridized carbons (Fsp3) is 0.882. The van der Waals surface area contributed by atoms with E-state index < -0.39 is 0 Å². The van der Waals surface area contributed by atoms with Crippen molar-refractivity contribution in [3.63, 3.8) is 0 Å². The molecule has 4 nitrogen and oxygen atoms in total. The Morgan fingerprint density at radius 2 is 1.81 bits per heavy atom. The van der Waals surface area contributed by atoms with E-state index >= 15 is 0 Å². The van der Waals surface area contributed by atoms with E-state index in [9.17, 15) is 0 Å². The highest BCUT2D eigenvalue weighted by molar-refractivity contribution is 4.95. The molecule has 0 aromatic heterocycles. The van der Waals surface area contributed by atoms with E-state index in [1.54, 1.807) is 0 Å². The molecule has 122 valence electrons. The van der Waals surface area contributed by atoms with Gasteiger partial charge in [0.05, 0.1) is 13.2 Å². The molecule has 0 atom stereocenters. The van der Waals surface area contributed by atoms with Crippen LogP contribution in [0, 0.1) is 0 Å². The van der Waals surface area contributed by atoms with Crippen LogP contribution >= 0.6 is 0 Å². The van der Waals surface area contributed by atoms with Gasteiger partial charge in [0.15, 0.2) is 0 Å². The maximum atomic E-state index is 5.38. The van der Waals surface area contributed by atoms with E-state index in [0.717, 1.165) is 45.4 Å². The van der Waals surface area contributed by atoms with E-state index in [0.29, 0.717) is 0 Å². The van der Waals surface area contributed by atoms with Crippen molar-refractivity contribution >= 4 is 0 Å². The van der Waals surface area contributed by atoms with Crippen molar-refractivity contribution in [3.05, 3.63) is 11.6 Å². The van der Waals surface area contributed by atoms with Gasteiger partial charge in [0.25, 0.3) is 0 Å². The number of piperidine rings is 1. The van der Waals surface area contributed by atoms with Crippen LogP contribution < -0.4 is 5.32 Å². The Bertz CT molecular complexity index is 301. The largest absolute Gasteiger partial charge is 0.379 e. The monoisotopic (exact) mass is 295 g/mol. The molecule has 0 aromatic rings. The van der Waals surface area contributed by atoms with E-state index in [-0.39, 0.29) is 0 Å². The third kappa shape index (κ3) is 6.92. The van der Waals surface area contributed by atoms with Crippen molar-refractivity contribution in [2.24, 2.45) is 0 Å². The summed E-state index contributed by atoms with van der Waals surface area (Å²) < 4.78 is 5.38. The predicted octanol–water partition coefficient (Wildman–Crippen LogP) is 1.73. The van der Waals surface area contributed by atoms with E-state index in [1.165, 1.54) is 44.5 Å². The van der Waals surface area contributed by atoms with Gasteiger partial charge in [-0.3, -0.25) is 9.80 Å². The van der Waals surface area contributed by atoms with Gasteiger partial charge in [0.2, 0.25) is 0 Å². The van der Waals surface area contributed by atoms with Crippen LogP contribution in [0.5, 0.6) is 0 Å². The molecule has 0 unspecified atom stereocenters. The van der Waals surface area contributed by atoms with Crippen LogP contribution in [0.15, 0.2) is 11.6 Å². The SMILES string of the molecule is CC(C)=CCN1CCC(NCCCN2CCOCC2)CC1. The van der Waals surface area contributed by atoms with Crippen molar-refractivity contribution in [2.45, 2.75) is 39.2 Å². The van der Waals surface area contributed by atoms with Gasteiger partial charge in [-0.25, -0.2) is 0 Å². The molecule has 4 heteroatoms. The number of likely N-dealkylation sites (tertiary alicyclic amines) is 1. The van der Waals surface area contributed by atoms with Gasteiger partial charge in [-0.05, 0) is 59.3 Å². The second-order valence-electron chi connectivity index (χ2n) is 6.62. The number of allylic oxidation sites excluding steroid dienone is 1. The normalized spacial score (nSPS) is 22.4. The lowest BCUT2D eigenvalue weighted by atomic mass is 10.0. The quantitative estimate of drug-likeness (QED) is 0.572. The summed E-state index contributed by atoms with van der Waals surface area (Å²) in [6.07, 6.45) is 6.20. The second kappa shape index (κ2) is 9.57. The minimum Gasteiger partial charge on any atom is -0.379 e. The Kier molecular flexibility index (Phi) is 7.72. The molecular formula is C17H33N3O. The summed E-state index contributed by atoms with van der Waals surface area (Å²) in [6, 6.07) is 0.734. The highest BCUT2D eigenvalue weighted by Gasteiger charge is 2.17. The van der Waals surface area contributed by atoms with Crippen LogP contribution in [0.25, 0.3) is 0 Å². The van der Waals surface area contributed by atoms with Crippen LogP contribution in [0.4, 0.5) is 0 Å². The molecule has 0 aromatic carbocycles. The summed E-state index contributed by atoms with van der Waals surface area (Å²) in [5.74, 6) is 0. The minimum atomic E-state index is 0.734. The van der Waals surface area contributed by atoms with Gasteiger partial charge in [-0.15, -0.1) is 0 Å². The van der Waals surface area contributed by atoms with E-state index in [4.69, 9.17) is 4.74 Å². The Labute approximate surface area is 130 Å². The lowest BCUT2D eigenvalue weighted by Crippen LogP contribution is -2.43. The summed E-state index contributed by atoms with van der Waals surface area (Å²) in [6.45, 7) is 14.4. The summed E-state index contributed by atoms with van der Waals surface area (Å²) >= 11 is 0. The first kappa shape index (κ1) is 16.9. The average molecular weight is 295 g/mol. The van der Waals surface area contributed by atoms with Crippen molar-refractivity contribution < 1.29 is 4.74 Å². The highest BCUT2D eigenvalue weighted by Crippen LogP contribution is 2.10. The zero-order valence-corrected chi connectivity index (χ0v) is 13.9. The zero-order chi connectivity index (χ0) is 14.9. The molecule has 0 aliphatic carbocycles. The number of hydrogen-bond donors (Lipinski definition) is 1. The molecule has 0 amide bonds. The summed E-state index contributed by atoms with van der Waals surface area (Å²) in [4.78, 5) is 5.09. The third-order valence-electron chi connectivity index (χ3n) is 4.53. The fourth-order valence-electron chi connectivity index (χ4n) is 3.06. The molecule has 21 heavy (non-hydrogen) atoms. The Morgan fingerprint density at radius 1 is 1.10 bits per heavy atom. The first-order valence-electron chi connectivity index (χ1n) is 8.63. The second-order valence-corrected chi connectivity index (χ2v) is 6.62. The smallest absolute Gasteiger partial charge is 0.0594 e. The molecule has 0 saturated carbocycles. The van der Waals surface area contributed by atoms with Gasteiger partial charge in [0.1, 0.15) is 0 Å². The van der Waals surface area contributed by atoms with Gasteiger partial charge < -0.3 is 10.1 Å². The first-order chi connectivity index (χ1) is 10.2. The van der Waals surface area contributed by atoms with Crippen molar-refractivity contribution in [3.8, 4) is 0 Å². The van der Waals surface area contributed by atoms with Gasteiger partial charge in [0, 0.05) is 25.7 Å². The van der Waals surface area contributed by atoms with E-state index in [1.807, 2.05) is 0 Å². The van der Waals surface area contributed by atoms with Crippen molar-refractivity contribution in [1.82, 2.24) is 15.1 Å². The molecule has 2 heterocycles. The van der Waals surface area contributed by atoms with Crippen molar-refractivity contribution in [2.75, 3.05) is 59.0 Å². The molecule has 2 aliphatic rings. The highest BCUT2D eigenvalue weighted by atomic mass is 16.5. The zero-order valence-electron chi connectivity index (χ0n) is 13.9. The van der Waals surface area contributed by atoms with Crippen molar-refractivity contribution in [1.29, 1.82) is 0 Å². The van der Waals surface area contributed by atoms with Crippen LogP contribution in [0.3, 0.4) is 0 Å². The van der Waals surface area contributed by atoms with Gasteiger partial charge in [-0.2, -0.15) is 0 Å². The Balaban J connectivity index is 1.49. The Hall–Kier alpha value is -0.420. The maximum absolute atomic E-state index is 5.38. The number of nitrogens with zero attached hydrogens (tertiary/aromatic N) is 2. The molecule has 2 saturated heterocycles. The average Bonchev–Trinajstić information content (AvgIpc) is 2.52. The molecule has 0 radical (unpaired) electrons. The fourth-order valence-corrected chi connectivity index (χ4v) is 3.06. The molecule has 1 N–H and O–H groups in total. The lowest BCUT2D eigenvalue weighted by molar-refractivity contribution is 0.0373. The number of rotatable bonds is 7. The molecule has 0 spiro atoms. The van der Waals surface area contributed by atoms with Gasteiger partial charge in [-0.1, -0.05) is 11.6 Å². The summed E-state index contributed by atoms with van der Waals surface area (Å²) in [5.41, 5.74) is 1.43. The summed E-state index contributed by atoms with van der Waals surface area (Å²) in [7, 11) is 0. The molecule has 2 aliphatic heterocycles. The number of nitrogens with one attached hydrogen (secondary N) is 1. The molecular weight excluding hydrogens is 262 g/mol. The lowest BCUT2D eigenvalue weighted by Gasteiger charge is -2.32. The van der Waals surface area contributed by atoms with Crippen LogP contribution in [-0.4, -0.2) is 74.9 Å². The number of hydrogen-bond acceptors (Lipinski definition) is 4. The Morgan fingerprint density at radius 3 is 2.48 bits per heavy atom. The predicted molar refractivity (Wildman–Crippen MR) is 88.8 cm³/mol. The van der Waals surface area contributed by atoms with Crippen LogP contribution in [0.2, 0.25) is 0 Å². The number of ether oxygens (including phenoxy) is 1. The molecule has 2 fully saturated rings.